The fourth-order valence-corrected chi connectivity index (χ4v) is 2.20. The normalized spacial score (nSPS) is 15.1. The number of para-hydroxylation sites is 1. The Morgan fingerprint density at radius 2 is 1.65 bits per heavy atom. The van der Waals surface area contributed by atoms with Crippen LogP contribution in [0.4, 0.5) is 0 Å². The molecule has 0 unspecified atom stereocenters. The first-order chi connectivity index (χ1) is 9.66. The van der Waals surface area contributed by atoms with Crippen molar-refractivity contribution in [3.05, 3.63) is 30.3 Å². The molecule has 0 atom stereocenters. The van der Waals surface area contributed by atoms with E-state index < -0.39 is 0 Å². The highest BCUT2D eigenvalue weighted by Crippen LogP contribution is 2.09. The van der Waals surface area contributed by atoms with Gasteiger partial charge in [-0.2, -0.15) is 0 Å². The largest absolute Gasteiger partial charge is 0.493 e. The molecule has 1 saturated heterocycles. The third-order valence-electron chi connectivity index (χ3n) is 3.41. The number of carbonyl (C=O) groups is 2. The summed E-state index contributed by atoms with van der Waals surface area (Å²) < 4.78 is 5.51. The molecule has 20 heavy (non-hydrogen) atoms. The highest BCUT2D eigenvalue weighted by molar-refractivity contribution is 5.77. The minimum atomic E-state index is 0.0736. The number of piperazine rings is 1. The van der Waals surface area contributed by atoms with E-state index in [9.17, 15) is 9.59 Å². The molecule has 1 heterocycles. The van der Waals surface area contributed by atoms with Crippen LogP contribution in [0.25, 0.3) is 0 Å². The monoisotopic (exact) mass is 276 g/mol. The first-order valence-corrected chi connectivity index (χ1v) is 6.88. The van der Waals surface area contributed by atoms with E-state index >= 15 is 0 Å². The predicted octanol–water partition coefficient (Wildman–Crippen LogP) is 1.15. The van der Waals surface area contributed by atoms with Crippen LogP contribution in [0.2, 0.25) is 0 Å². The summed E-state index contributed by atoms with van der Waals surface area (Å²) in [6, 6.07) is 9.47. The first kappa shape index (κ1) is 14.4. The van der Waals surface area contributed by atoms with Gasteiger partial charge in [0.15, 0.2) is 0 Å². The van der Waals surface area contributed by atoms with Crippen molar-refractivity contribution in [3.63, 3.8) is 0 Å². The van der Waals surface area contributed by atoms with Crippen LogP contribution in [0, 0.1) is 0 Å². The Hall–Kier alpha value is -2.04. The zero-order valence-electron chi connectivity index (χ0n) is 11.7. The molecule has 0 aromatic heterocycles. The van der Waals surface area contributed by atoms with Crippen molar-refractivity contribution in [1.29, 1.82) is 0 Å². The van der Waals surface area contributed by atoms with Crippen molar-refractivity contribution in [2.75, 3.05) is 32.8 Å². The van der Waals surface area contributed by atoms with E-state index in [-0.39, 0.29) is 11.8 Å². The Balaban J connectivity index is 1.69. The van der Waals surface area contributed by atoms with E-state index in [1.54, 1.807) is 16.7 Å². The van der Waals surface area contributed by atoms with Crippen LogP contribution in [0.15, 0.2) is 30.3 Å². The molecule has 108 valence electrons. The minimum Gasteiger partial charge on any atom is -0.493 e. The number of ether oxygens (including phenoxy) is 1. The smallest absolute Gasteiger partial charge is 0.226 e. The van der Waals surface area contributed by atoms with E-state index in [1.807, 2.05) is 30.3 Å². The quantitative estimate of drug-likeness (QED) is 0.829. The molecule has 0 aliphatic carbocycles. The van der Waals surface area contributed by atoms with Gasteiger partial charge >= 0.3 is 0 Å². The van der Waals surface area contributed by atoms with Gasteiger partial charge in [-0.05, 0) is 12.1 Å². The molecule has 2 amide bonds. The van der Waals surface area contributed by atoms with Crippen molar-refractivity contribution in [1.82, 2.24) is 9.80 Å². The van der Waals surface area contributed by atoms with Crippen molar-refractivity contribution in [2.45, 2.75) is 13.3 Å². The van der Waals surface area contributed by atoms with E-state index in [4.69, 9.17) is 4.74 Å². The number of hydrogen-bond donors (Lipinski definition) is 0. The molecule has 0 bridgehead atoms. The van der Waals surface area contributed by atoms with Crippen LogP contribution in [0.1, 0.15) is 13.3 Å². The van der Waals surface area contributed by atoms with Gasteiger partial charge < -0.3 is 14.5 Å². The number of nitrogens with zero attached hydrogens (tertiary/aromatic N) is 2. The van der Waals surface area contributed by atoms with Gasteiger partial charge in [0.2, 0.25) is 11.8 Å². The van der Waals surface area contributed by atoms with E-state index in [1.165, 1.54) is 0 Å². The van der Waals surface area contributed by atoms with Gasteiger partial charge in [-0.1, -0.05) is 18.2 Å². The van der Waals surface area contributed by atoms with Gasteiger partial charge in [0.05, 0.1) is 13.0 Å². The van der Waals surface area contributed by atoms with Crippen molar-refractivity contribution >= 4 is 11.8 Å². The Morgan fingerprint density at radius 1 is 1.05 bits per heavy atom. The summed E-state index contributed by atoms with van der Waals surface area (Å²) in [5, 5.41) is 0. The molecule has 1 aliphatic heterocycles. The molecule has 1 aromatic carbocycles. The molecule has 5 heteroatoms. The lowest BCUT2D eigenvalue weighted by atomic mass is 10.3. The van der Waals surface area contributed by atoms with Gasteiger partial charge in [-0.15, -0.1) is 0 Å². The molecule has 1 aliphatic rings. The highest BCUT2D eigenvalue weighted by Gasteiger charge is 2.21. The van der Waals surface area contributed by atoms with Crippen molar-refractivity contribution < 1.29 is 14.3 Å². The fourth-order valence-electron chi connectivity index (χ4n) is 2.20. The first-order valence-electron chi connectivity index (χ1n) is 6.88. The summed E-state index contributed by atoms with van der Waals surface area (Å²) >= 11 is 0. The standard InChI is InChI=1S/C15H20N2O3/c1-13(18)16-8-10-17(11-9-16)15(19)7-12-20-14-5-3-2-4-6-14/h2-6H,7-12H2,1H3. The van der Waals surface area contributed by atoms with Gasteiger partial charge in [0, 0.05) is 33.1 Å². The van der Waals surface area contributed by atoms with E-state index in [0.717, 1.165) is 5.75 Å². The van der Waals surface area contributed by atoms with Gasteiger partial charge in [0.25, 0.3) is 0 Å². The summed E-state index contributed by atoms with van der Waals surface area (Å²) in [5.41, 5.74) is 0. The fraction of sp³-hybridized carbons (Fsp3) is 0.467. The van der Waals surface area contributed by atoms with E-state index in [0.29, 0.717) is 39.2 Å². The maximum absolute atomic E-state index is 12.0. The van der Waals surface area contributed by atoms with Crippen LogP contribution in [-0.4, -0.2) is 54.4 Å². The number of rotatable bonds is 4. The molecule has 0 spiro atoms. The lowest BCUT2D eigenvalue weighted by Crippen LogP contribution is -2.50. The Kier molecular flexibility index (Phi) is 4.98. The van der Waals surface area contributed by atoms with Gasteiger partial charge in [0.1, 0.15) is 5.75 Å². The topological polar surface area (TPSA) is 49.9 Å². The van der Waals surface area contributed by atoms with Crippen LogP contribution in [-0.2, 0) is 9.59 Å². The van der Waals surface area contributed by atoms with Crippen LogP contribution < -0.4 is 4.74 Å². The number of amides is 2. The Bertz CT molecular complexity index is 453. The minimum absolute atomic E-state index is 0.0736. The lowest BCUT2D eigenvalue weighted by molar-refractivity contribution is -0.138. The average molecular weight is 276 g/mol. The maximum atomic E-state index is 12.0. The third-order valence-corrected chi connectivity index (χ3v) is 3.41. The second-order valence-corrected chi connectivity index (χ2v) is 4.80. The molecule has 1 aromatic rings. The third kappa shape index (κ3) is 3.98. The lowest BCUT2D eigenvalue weighted by Gasteiger charge is -2.34. The maximum Gasteiger partial charge on any atom is 0.226 e. The van der Waals surface area contributed by atoms with Crippen molar-refractivity contribution in [2.24, 2.45) is 0 Å². The van der Waals surface area contributed by atoms with Gasteiger partial charge in [-0.25, -0.2) is 0 Å². The zero-order chi connectivity index (χ0) is 14.4. The molecular formula is C15H20N2O3. The zero-order valence-corrected chi connectivity index (χ0v) is 11.7. The summed E-state index contributed by atoms with van der Waals surface area (Å²) in [6.07, 6.45) is 0.370. The Morgan fingerprint density at radius 3 is 2.25 bits per heavy atom. The summed E-state index contributed by atoms with van der Waals surface area (Å²) in [5.74, 6) is 0.940. The molecule has 5 nitrogen and oxygen atoms in total. The number of benzene rings is 1. The molecular weight excluding hydrogens is 256 g/mol. The molecule has 1 fully saturated rings. The summed E-state index contributed by atoms with van der Waals surface area (Å²) in [7, 11) is 0. The van der Waals surface area contributed by atoms with Crippen LogP contribution >= 0.6 is 0 Å². The van der Waals surface area contributed by atoms with E-state index in [2.05, 4.69) is 0 Å². The SMILES string of the molecule is CC(=O)N1CCN(C(=O)CCOc2ccccc2)CC1. The second kappa shape index (κ2) is 6.93. The molecule has 2 rings (SSSR count). The molecule has 0 radical (unpaired) electrons. The average Bonchev–Trinajstić information content (AvgIpc) is 2.48. The predicted molar refractivity (Wildman–Crippen MR) is 75.4 cm³/mol. The summed E-state index contributed by atoms with van der Waals surface area (Å²) in [4.78, 5) is 26.8. The molecule has 0 saturated carbocycles. The summed E-state index contributed by atoms with van der Waals surface area (Å²) in [6.45, 7) is 4.43. The number of hydrogen-bond acceptors (Lipinski definition) is 3. The highest BCUT2D eigenvalue weighted by atomic mass is 16.5. The molecule has 0 N–H and O–H groups in total. The van der Waals surface area contributed by atoms with Gasteiger partial charge in [-0.3, -0.25) is 9.59 Å². The number of carbonyl (C=O) groups excluding carboxylic acids is 2. The second-order valence-electron chi connectivity index (χ2n) is 4.80. The Labute approximate surface area is 119 Å². The van der Waals surface area contributed by atoms with Crippen LogP contribution in [0.3, 0.4) is 0 Å². The van der Waals surface area contributed by atoms with Crippen LogP contribution in [0.5, 0.6) is 5.75 Å². The van der Waals surface area contributed by atoms with Crippen molar-refractivity contribution in [3.8, 4) is 5.75 Å².